The lowest BCUT2D eigenvalue weighted by molar-refractivity contribution is -0.140. The highest BCUT2D eigenvalue weighted by Gasteiger charge is 2.06. The molecule has 0 saturated carbocycles. The van der Waals surface area contributed by atoms with Crippen molar-refractivity contribution in [3.8, 4) is 0 Å². The molecule has 0 heterocycles. The van der Waals surface area contributed by atoms with Crippen LogP contribution in [0.5, 0.6) is 0 Å². The standard InChI is InChI=1S/C11H9NO3/c1-9(12-8-13)11(14)15-7-10-5-3-2-4-6-10/h2-6H,1,7H2. The number of rotatable bonds is 4. The average Bonchev–Trinajstić information content (AvgIpc) is 2.27. The smallest absolute Gasteiger partial charge is 0.357 e. The summed E-state index contributed by atoms with van der Waals surface area (Å²) in [7, 11) is 0. The van der Waals surface area contributed by atoms with Crippen LogP contribution in [0.4, 0.5) is 0 Å². The Labute approximate surface area is 86.9 Å². The lowest BCUT2D eigenvalue weighted by atomic mass is 10.2. The predicted molar refractivity (Wildman–Crippen MR) is 53.5 cm³/mol. The third-order valence-electron chi connectivity index (χ3n) is 1.63. The van der Waals surface area contributed by atoms with Crippen molar-refractivity contribution in [2.24, 2.45) is 4.99 Å². The molecular weight excluding hydrogens is 194 g/mol. The van der Waals surface area contributed by atoms with Crippen molar-refractivity contribution >= 4 is 12.0 Å². The largest absolute Gasteiger partial charge is 0.456 e. The Kier molecular flexibility index (Phi) is 4.01. The van der Waals surface area contributed by atoms with Gasteiger partial charge >= 0.3 is 5.97 Å². The molecule has 4 heteroatoms. The van der Waals surface area contributed by atoms with Gasteiger partial charge in [0.2, 0.25) is 6.08 Å². The normalized spacial score (nSPS) is 8.80. The molecule has 0 N–H and O–H groups in total. The molecule has 1 aromatic carbocycles. The fourth-order valence-electron chi connectivity index (χ4n) is 0.907. The minimum atomic E-state index is -0.720. The second kappa shape index (κ2) is 5.52. The van der Waals surface area contributed by atoms with E-state index in [0.717, 1.165) is 5.56 Å². The zero-order valence-electron chi connectivity index (χ0n) is 7.97. The molecule has 1 rings (SSSR count). The summed E-state index contributed by atoms with van der Waals surface area (Å²) < 4.78 is 4.83. The van der Waals surface area contributed by atoms with E-state index >= 15 is 0 Å². The minimum absolute atomic E-state index is 0.132. The van der Waals surface area contributed by atoms with Crippen molar-refractivity contribution in [2.75, 3.05) is 0 Å². The van der Waals surface area contributed by atoms with Gasteiger partial charge in [-0.2, -0.15) is 4.99 Å². The maximum Gasteiger partial charge on any atom is 0.357 e. The summed E-state index contributed by atoms with van der Waals surface area (Å²) in [5.41, 5.74) is 0.606. The third kappa shape index (κ3) is 3.58. The Morgan fingerprint density at radius 3 is 2.67 bits per heavy atom. The molecular formula is C11H9NO3. The van der Waals surface area contributed by atoms with Crippen LogP contribution in [0.1, 0.15) is 5.56 Å². The van der Waals surface area contributed by atoms with Crippen LogP contribution in [0.3, 0.4) is 0 Å². The van der Waals surface area contributed by atoms with Gasteiger partial charge in [-0.1, -0.05) is 36.9 Å². The summed E-state index contributed by atoms with van der Waals surface area (Å²) >= 11 is 0. The zero-order valence-corrected chi connectivity index (χ0v) is 7.97. The van der Waals surface area contributed by atoms with Crippen molar-refractivity contribution in [1.29, 1.82) is 0 Å². The molecule has 0 unspecified atom stereocenters. The number of ether oxygens (including phenoxy) is 1. The molecule has 0 saturated heterocycles. The van der Waals surface area contributed by atoms with E-state index in [1.807, 2.05) is 30.3 Å². The van der Waals surface area contributed by atoms with Crippen LogP contribution in [0.2, 0.25) is 0 Å². The molecule has 0 aliphatic rings. The van der Waals surface area contributed by atoms with Gasteiger partial charge in [0.1, 0.15) is 6.61 Å². The van der Waals surface area contributed by atoms with E-state index in [-0.39, 0.29) is 12.3 Å². The lowest BCUT2D eigenvalue weighted by Crippen LogP contribution is -2.05. The van der Waals surface area contributed by atoms with E-state index in [1.54, 1.807) is 0 Å². The van der Waals surface area contributed by atoms with E-state index in [1.165, 1.54) is 6.08 Å². The lowest BCUT2D eigenvalue weighted by Gasteiger charge is -2.02. The number of aliphatic imine (C=N–C) groups is 1. The van der Waals surface area contributed by atoms with Crippen molar-refractivity contribution < 1.29 is 14.3 Å². The Bertz CT molecular complexity index is 405. The summed E-state index contributed by atoms with van der Waals surface area (Å²) in [5, 5.41) is 0. The Morgan fingerprint density at radius 1 is 1.40 bits per heavy atom. The first kappa shape index (κ1) is 10.9. The number of hydrogen-bond donors (Lipinski definition) is 0. The van der Waals surface area contributed by atoms with Gasteiger partial charge in [0.25, 0.3) is 0 Å². The quantitative estimate of drug-likeness (QED) is 0.323. The number of carbonyl (C=O) groups is 1. The maximum absolute atomic E-state index is 11.1. The van der Waals surface area contributed by atoms with E-state index in [2.05, 4.69) is 11.6 Å². The van der Waals surface area contributed by atoms with Crippen molar-refractivity contribution in [1.82, 2.24) is 0 Å². The molecule has 15 heavy (non-hydrogen) atoms. The fraction of sp³-hybridized carbons (Fsp3) is 0.0909. The minimum Gasteiger partial charge on any atom is -0.456 e. The van der Waals surface area contributed by atoms with E-state index < -0.39 is 5.97 Å². The molecule has 0 radical (unpaired) electrons. The molecule has 76 valence electrons. The molecule has 4 nitrogen and oxygen atoms in total. The van der Waals surface area contributed by atoms with E-state index in [4.69, 9.17) is 4.74 Å². The predicted octanol–water partition coefficient (Wildman–Crippen LogP) is 1.58. The van der Waals surface area contributed by atoms with E-state index in [0.29, 0.717) is 0 Å². The third-order valence-corrected chi connectivity index (χ3v) is 1.63. The number of nitrogens with zero attached hydrogens (tertiary/aromatic N) is 1. The molecule has 0 amide bonds. The summed E-state index contributed by atoms with van der Waals surface area (Å²) in [5.74, 6) is -0.720. The summed E-state index contributed by atoms with van der Waals surface area (Å²) in [6.45, 7) is 3.38. The molecule has 0 aliphatic heterocycles. The monoisotopic (exact) mass is 203 g/mol. The van der Waals surface area contributed by atoms with Crippen LogP contribution in [-0.2, 0) is 20.9 Å². The van der Waals surface area contributed by atoms with Gasteiger partial charge in [0.15, 0.2) is 5.70 Å². The number of esters is 1. The van der Waals surface area contributed by atoms with Gasteiger partial charge in [0.05, 0.1) is 0 Å². The molecule has 0 fully saturated rings. The van der Waals surface area contributed by atoms with Crippen molar-refractivity contribution in [3.05, 3.63) is 48.2 Å². The first-order chi connectivity index (χ1) is 7.24. The first-order valence-corrected chi connectivity index (χ1v) is 4.22. The molecule has 0 spiro atoms. The molecule has 0 aliphatic carbocycles. The Hall–Kier alpha value is -2.19. The number of benzene rings is 1. The van der Waals surface area contributed by atoms with E-state index in [9.17, 15) is 9.59 Å². The molecule has 0 bridgehead atoms. The van der Waals surface area contributed by atoms with Crippen LogP contribution in [0.25, 0.3) is 0 Å². The van der Waals surface area contributed by atoms with Crippen LogP contribution in [0.15, 0.2) is 47.6 Å². The summed E-state index contributed by atoms with van der Waals surface area (Å²) in [6, 6.07) is 9.17. The highest BCUT2D eigenvalue weighted by atomic mass is 16.5. The van der Waals surface area contributed by atoms with Crippen LogP contribution in [0, 0.1) is 0 Å². The summed E-state index contributed by atoms with van der Waals surface area (Å²) in [4.78, 5) is 24.0. The van der Waals surface area contributed by atoms with Gasteiger partial charge in [0, 0.05) is 0 Å². The van der Waals surface area contributed by atoms with Crippen LogP contribution >= 0.6 is 0 Å². The zero-order chi connectivity index (χ0) is 11.1. The van der Waals surface area contributed by atoms with Gasteiger partial charge in [-0.05, 0) is 5.56 Å². The van der Waals surface area contributed by atoms with Crippen LogP contribution in [-0.4, -0.2) is 12.0 Å². The van der Waals surface area contributed by atoms with Gasteiger partial charge in [-0.25, -0.2) is 9.59 Å². The maximum atomic E-state index is 11.1. The van der Waals surface area contributed by atoms with Gasteiger partial charge in [-0.15, -0.1) is 0 Å². The van der Waals surface area contributed by atoms with Gasteiger partial charge in [-0.3, -0.25) is 0 Å². The molecule has 0 atom stereocenters. The van der Waals surface area contributed by atoms with Gasteiger partial charge < -0.3 is 4.74 Å². The second-order valence-electron chi connectivity index (χ2n) is 2.71. The highest BCUT2D eigenvalue weighted by Crippen LogP contribution is 2.03. The Balaban J connectivity index is 2.48. The highest BCUT2D eigenvalue weighted by molar-refractivity contribution is 5.88. The number of hydrogen-bond acceptors (Lipinski definition) is 4. The first-order valence-electron chi connectivity index (χ1n) is 4.22. The van der Waals surface area contributed by atoms with Crippen molar-refractivity contribution in [3.63, 3.8) is 0 Å². The molecule has 1 aromatic rings. The fourth-order valence-corrected chi connectivity index (χ4v) is 0.907. The Morgan fingerprint density at radius 2 is 2.07 bits per heavy atom. The van der Waals surface area contributed by atoms with Crippen molar-refractivity contribution in [2.45, 2.75) is 6.61 Å². The number of isocyanates is 1. The van der Waals surface area contributed by atoms with Crippen LogP contribution < -0.4 is 0 Å². The molecule has 0 aromatic heterocycles. The second-order valence-corrected chi connectivity index (χ2v) is 2.71. The SMILES string of the molecule is C=C(N=C=O)C(=O)OCc1ccccc1. The summed E-state index contributed by atoms with van der Waals surface area (Å²) in [6.07, 6.45) is 1.22. The topological polar surface area (TPSA) is 55.7 Å². The number of carbonyl (C=O) groups excluding carboxylic acids is 2. The average molecular weight is 203 g/mol.